The molecular weight excluding hydrogens is 192 g/mol. The molecule has 0 fully saturated rings. The Labute approximate surface area is 87.9 Å². The highest BCUT2D eigenvalue weighted by molar-refractivity contribution is 5.50. The quantitative estimate of drug-likeness (QED) is 0.777. The summed E-state index contributed by atoms with van der Waals surface area (Å²) in [5.74, 6) is 0. The summed E-state index contributed by atoms with van der Waals surface area (Å²) in [4.78, 5) is 2.11. The third-order valence-corrected chi connectivity index (χ3v) is 2.09. The molecule has 0 saturated carbocycles. The SMILES string of the molecule is CN(C)CCn1cc(-c2ccn[nH]2)nn1. The molecule has 0 aliphatic carbocycles. The van der Waals surface area contributed by atoms with Crippen molar-refractivity contribution in [1.82, 2.24) is 30.1 Å². The number of likely N-dealkylation sites (N-methyl/N-ethyl adjacent to an activating group) is 1. The Bertz CT molecular complexity index is 402. The van der Waals surface area contributed by atoms with Gasteiger partial charge in [-0.3, -0.25) is 9.78 Å². The number of rotatable bonds is 4. The first-order valence-corrected chi connectivity index (χ1v) is 4.80. The van der Waals surface area contributed by atoms with E-state index in [9.17, 15) is 0 Å². The molecule has 0 atom stereocenters. The van der Waals surface area contributed by atoms with Crippen LogP contribution < -0.4 is 0 Å². The number of aromatic amines is 1. The highest BCUT2D eigenvalue weighted by Crippen LogP contribution is 2.10. The summed E-state index contributed by atoms with van der Waals surface area (Å²) in [5.41, 5.74) is 1.72. The van der Waals surface area contributed by atoms with Gasteiger partial charge >= 0.3 is 0 Å². The highest BCUT2D eigenvalue weighted by Gasteiger charge is 2.04. The summed E-state index contributed by atoms with van der Waals surface area (Å²) in [6.07, 6.45) is 3.62. The fourth-order valence-electron chi connectivity index (χ4n) is 1.23. The number of hydrogen-bond acceptors (Lipinski definition) is 4. The number of hydrogen-bond donors (Lipinski definition) is 1. The van der Waals surface area contributed by atoms with E-state index in [0.717, 1.165) is 24.5 Å². The molecule has 6 heteroatoms. The van der Waals surface area contributed by atoms with Crippen LogP contribution in [0.5, 0.6) is 0 Å². The summed E-state index contributed by atoms with van der Waals surface area (Å²) < 4.78 is 1.83. The summed E-state index contributed by atoms with van der Waals surface area (Å²) in [5, 5.41) is 14.8. The second kappa shape index (κ2) is 4.22. The molecule has 2 heterocycles. The molecular formula is C9H14N6. The zero-order chi connectivity index (χ0) is 10.7. The highest BCUT2D eigenvalue weighted by atomic mass is 15.4. The lowest BCUT2D eigenvalue weighted by molar-refractivity contribution is 0.370. The van der Waals surface area contributed by atoms with Gasteiger partial charge in [0.2, 0.25) is 0 Å². The first-order valence-electron chi connectivity index (χ1n) is 4.80. The van der Waals surface area contributed by atoms with Gasteiger partial charge in [0.1, 0.15) is 5.69 Å². The zero-order valence-corrected chi connectivity index (χ0v) is 8.88. The zero-order valence-electron chi connectivity index (χ0n) is 8.88. The summed E-state index contributed by atoms with van der Waals surface area (Å²) in [7, 11) is 4.07. The maximum atomic E-state index is 4.06. The normalized spacial score (nSPS) is 11.1. The predicted octanol–water partition coefficient (Wildman–Crippen LogP) is 0.230. The molecule has 2 aromatic heterocycles. The van der Waals surface area contributed by atoms with Crippen LogP contribution in [0.1, 0.15) is 0 Å². The van der Waals surface area contributed by atoms with Crippen molar-refractivity contribution in [2.45, 2.75) is 6.54 Å². The minimum absolute atomic E-state index is 0.825. The maximum absolute atomic E-state index is 4.06. The summed E-state index contributed by atoms with van der Waals surface area (Å²) in [6.45, 7) is 1.79. The van der Waals surface area contributed by atoms with Gasteiger partial charge in [0.05, 0.1) is 18.4 Å². The molecule has 0 amide bonds. The Morgan fingerprint density at radius 2 is 2.33 bits per heavy atom. The van der Waals surface area contributed by atoms with Crippen LogP contribution in [-0.2, 0) is 6.54 Å². The van der Waals surface area contributed by atoms with Crippen molar-refractivity contribution in [3.8, 4) is 11.4 Å². The molecule has 1 N–H and O–H groups in total. The van der Waals surface area contributed by atoms with Crippen LogP contribution >= 0.6 is 0 Å². The molecule has 0 bridgehead atoms. The van der Waals surface area contributed by atoms with Gasteiger partial charge in [-0.2, -0.15) is 5.10 Å². The minimum atomic E-state index is 0.825. The Kier molecular flexibility index (Phi) is 2.77. The molecule has 0 aromatic carbocycles. The van der Waals surface area contributed by atoms with Crippen molar-refractivity contribution in [2.75, 3.05) is 20.6 Å². The monoisotopic (exact) mass is 206 g/mol. The van der Waals surface area contributed by atoms with Crippen LogP contribution in [0.3, 0.4) is 0 Å². The molecule has 6 nitrogen and oxygen atoms in total. The van der Waals surface area contributed by atoms with Gasteiger partial charge in [0, 0.05) is 12.7 Å². The third-order valence-electron chi connectivity index (χ3n) is 2.09. The Morgan fingerprint density at radius 3 is 3.00 bits per heavy atom. The standard InChI is InChI=1S/C9H14N6/c1-14(2)5-6-15-7-9(12-13-15)8-3-4-10-11-8/h3-4,7H,5-6H2,1-2H3,(H,10,11). The topological polar surface area (TPSA) is 62.6 Å². The number of nitrogens with one attached hydrogen (secondary N) is 1. The second-order valence-electron chi connectivity index (χ2n) is 3.64. The van der Waals surface area contributed by atoms with Crippen LogP contribution in [0.15, 0.2) is 18.5 Å². The number of nitrogens with zero attached hydrogens (tertiary/aromatic N) is 5. The first-order chi connectivity index (χ1) is 7.25. The lowest BCUT2D eigenvalue weighted by Gasteiger charge is -2.07. The van der Waals surface area contributed by atoms with Crippen molar-refractivity contribution in [3.05, 3.63) is 18.5 Å². The van der Waals surface area contributed by atoms with Crippen LogP contribution in [-0.4, -0.2) is 50.7 Å². The van der Waals surface area contributed by atoms with Crippen molar-refractivity contribution in [1.29, 1.82) is 0 Å². The van der Waals surface area contributed by atoms with Gasteiger partial charge in [-0.25, -0.2) is 0 Å². The summed E-state index contributed by atoms with van der Waals surface area (Å²) in [6, 6.07) is 1.88. The summed E-state index contributed by atoms with van der Waals surface area (Å²) >= 11 is 0. The van der Waals surface area contributed by atoms with Crippen LogP contribution in [0.2, 0.25) is 0 Å². The van der Waals surface area contributed by atoms with Crippen molar-refractivity contribution in [3.63, 3.8) is 0 Å². The van der Waals surface area contributed by atoms with E-state index in [0.29, 0.717) is 0 Å². The molecule has 0 aliphatic heterocycles. The average molecular weight is 206 g/mol. The minimum Gasteiger partial charge on any atom is -0.308 e. The van der Waals surface area contributed by atoms with E-state index in [2.05, 4.69) is 25.4 Å². The van der Waals surface area contributed by atoms with Crippen LogP contribution in [0.25, 0.3) is 11.4 Å². The van der Waals surface area contributed by atoms with Gasteiger partial charge in [0.25, 0.3) is 0 Å². The maximum Gasteiger partial charge on any atom is 0.130 e. The predicted molar refractivity (Wildman–Crippen MR) is 56.2 cm³/mol. The van der Waals surface area contributed by atoms with Gasteiger partial charge in [0.15, 0.2) is 0 Å². The Hall–Kier alpha value is -1.69. The van der Waals surface area contributed by atoms with E-state index in [-0.39, 0.29) is 0 Å². The Morgan fingerprint density at radius 1 is 1.47 bits per heavy atom. The fraction of sp³-hybridized carbons (Fsp3) is 0.444. The lowest BCUT2D eigenvalue weighted by atomic mass is 10.3. The van der Waals surface area contributed by atoms with Crippen molar-refractivity contribution < 1.29 is 0 Å². The molecule has 15 heavy (non-hydrogen) atoms. The largest absolute Gasteiger partial charge is 0.308 e. The smallest absolute Gasteiger partial charge is 0.130 e. The van der Waals surface area contributed by atoms with Crippen LogP contribution in [0.4, 0.5) is 0 Å². The molecule has 2 aromatic rings. The Balaban J connectivity index is 2.04. The van der Waals surface area contributed by atoms with Crippen molar-refractivity contribution in [2.24, 2.45) is 0 Å². The fourth-order valence-corrected chi connectivity index (χ4v) is 1.23. The molecule has 0 unspecified atom stereocenters. The number of aromatic nitrogens is 5. The average Bonchev–Trinajstić information content (AvgIpc) is 2.85. The van der Waals surface area contributed by atoms with E-state index >= 15 is 0 Å². The van der Waals surface area contributed by atoms with E-state index in [1.807, 2.05) is 31.0 Å². The molecule has 0 spiro atoms. The van der Waals surface area contributed by atoms with Crippen LogP contribution in [0, 0.1) is 0 Å². The van der Waals surface area contributed by atoms with Crippen molar-refractivity contribution >= 4 is 0 Å². The van der Waals surface area contributed by atoms with Gasteiger partial charge in [-0.15, -0.1) is 5.10 Å². The van der Waals surface area contributed by atoms with E-state index in [4.69, 9.17) is 0 Å². The molecule has 0 saturated heterocycles. The first kappa shape index (κ1) is 9.85. The van der Waals surface area contributed by atoms with Gasteiger partial charge < -0.3 is 4.90 Å². The molecule has 80 valence electrons. The lowest BCUT2D eigenvalue weighted by Crippen LogP contribution is -2.18. The molecule has 0 radical (unpaired) electrons. The van der Waals surface area contributed by atoms with Gasteiger partial charge in [-0.1, -0.05) is 5.21 Å². The number of H-pyrrole nitrogens is 1. The van der Waals surface area contributed by atoms with E-state index in [1.165, 1.54) is 0 Å². The third kappa shape index (κ3) is 2.41. The van der Waals surface area contributed by atoms with E-state index in [1.54, 1.807) is 6.20 Å². The van der Waals surface area contributed by atoms with Gasteiger partial charge in [-0.05, 0) is 20.2 Å². The molecule has 0 aliphatic rings. The van der Waals surface area contributed by atoms with E-state index < -0.39 is 0 Å². The second-order valence-corrected chi connectivity index (χ2v) is 3.64. The molecule has 2 rings (SSSR count).